The van der Waals surface area contributed by atoms with Gasteiger partial charge in [-0.3, -0.25) is 14.4 Å². The highest BCUT2D eigenvalue weighted by Gasteiger charge is 2.36. The van der Waals surface area contributed by atoms with Gasteiger partial charge in [0, 0.05) is 37.3 Å². The number of benzene rings is 2. The fraction of sp³-hybridized carbons (Fsp3) is 0.348. The Kier molecular flexibility index (Phi) is 5.44. The summed E-state index contributed by atoms with van der Waals surface area (Å²) in [4.78, 5) is 40.6. The average molecular weight is 407 g/mol. The number of nitrogens with zero attached hydrogens (tertiary/aromatic N) is 2. The van der Waals surface area contributed by atoms with Crippen LogP contribution in [0.25, 0.3) is 0 Å². The summed E-state index contributed by atoms with van der Waals surface area (Å²) < 4.78 is 5.39. The molecule has 2 aliphatic rings. The maximum Gasteiger partial charge on any atom is 0.229 e. The summed E-state index contributed by atoms with van der Waals surface area (Å²) in [6.07, 6.45) is 1.61. The van der Waals surface area contributed by atoms with Gasteiger partial charge >= 0.3 is 0 Å². The van der Waals surface area contributed by atoms with Crippen molar-refractivity contribution in [2.75, 3.05) is 35.3 Å². The van der Waals surface area contributed by atoms with Crippen molar-refractivity contribution >= 4 is 34.8 Å². The number of nitrogens with one attached hydrogen (secondary N) is 1. The Morgan fingerprint density at radius 1 is 1.07 bits per heavy atom. The standard InChI is InChI=1S/C23H25N3O4/c1-15-5-10-20(30-2)19(12-15)26-14-16(13-22(26)28)23(29)24-17-6-8-18(9-7-17)25-11-3-4-21(25)27/h5-10,12,16H,3-4,11,13-14H2,1-2H3,(H,24,29)/t16-/m0/s1. The monoisotopic (exact) mass is 407 g/mol. The first-order valence-electron chi connectivity index (χ1n) is 10.1. The Hall–Kier alpha value is -3.35. The van der Waals surface area contributed by atoms with Crippen molar-refractivity contribution in [3.8, 4) is 5.75 Å². The molecule has 7 nitrogen and oxygen atoms in total. The van der Waals surface area contributed by atoms with Crippen LogP contribution in [-0.2, 0) is 14.4 Å². The van der Waals surface area contributed by atoms with Gasteiger partial charge in [0.1, 0.15) is 5.75 Å². The topological polar surface area (TPSA) is 79.0 Å². The largest absolute Gasteiger partial charge is 0.495 e. The van der Waals surface area contributed by atoms with E-state index in [4.69, 9.17) is 4.74 Å². The van der Waals surface area contributed by atoms with Crippen LogP contribution in [0.2, 0.25) is 0 Å². The minimum Gasteiger partial charge on any atom is -0.495 e. The summed E-state index contributed by atoms with van der Waals surface area (Å²) in [5, 5.41) is 2.89. The molecule has 156 valence electrons. The number of methoxy groups -OCH3 is 1. The fourth-order valence-electron chi connectivity index (χ4n) is 4.02. The zero-order chi connectivity index (χ0) is 21.3. The molecule has 4 rings (SSSR count). The van der Waals surface area contributed by atoms with Crippen molar-refractivity contribution < 1.29 is 19.1 Å². The first-order valence-corrected chi connectivity index (χ1v) is 10.1. The van der Waals surface area contributed by atoms with Gasteiger partial charge in [-0.25, -0.2) is 0 Å². The number of hydrogen-bond donors (Lipinski definition) is 1. The van der Waals surface area contributed by atoms with Crippen LogP contribution in [0.1, 0.15) is 24.8 Å². The molecule has 2 aliphatic heterocycles. The molecular formula is C23H25N3O4. The second-order valence-electron chi connectivity index (χ2n) is 7.77. The summed E-state index contributed by atoms with van der Waals surface area (Å²) in [5.74, 6) is 0.0111. The fourth-order valence-corrected chi connectivity index (χ4v) is 4.02. The van der Waals surface area contributed by atoms with Crippen LogP contribution in [0.3, 0.4) is 0 Å². The average Bonchev–Trinajstić information content (AvgIpc) is 3.34. The maximum atomic E-state index is 12.8. The highest BCUT2D eigenvalue weighted by atomic mass is 16.5. The Morgan fingerprint density at radius 3 is 2.50 bits per heavy atom. The third-order valence-corrected chi connectivity index (χ3v) is 5.64. The molecule has 30 heavy (non-hydrogen) atoms. The molecule has 1 N–H and O–H groups in total. The van der Waals surface area contributed by atoms with Gasteiger partial charge in [0.25, 0.3) is 0 Å². The molecule has 0 saturated carbocycles. The number of ether oxygens (including phenoxy) is 1. The summed E-state index contributed by atoms with van der Waals surface area (Å²) in [5.41, 5.74) is 3.19. The number of carbonyl (C=O) groups is 3. The van der Waals surface area contributed by atoms with Gasteiger partial charge < -0.3 is 19.9 Å². The normalized spacial score (nSPS) is 18.8. The van der Waals surface area contributed by atoms with Crippen molar-refractivity contribution in [2.24, 2.45) is 5.92 Å². The van der Waals surface area contributed by atoms with E-state index >= 15 is 0 Å². The zero-order valence-corrected chi connectivity index (χ0v) is 17.2. The van der Waals surface area contributed by atoms with E-state index in [-0.39, 0.29) is 24.1 Å². The van der Waals surface area contributed by atoms with Crippen LogP contribution >= 0.6 is 0 Å². The lowest BCUT2D eigenvalue weighted by Gasteiger charge is -2.20. The lowest BCUT2D eigenvalue weighted by molar-refractivity contribution is -0.122. The van der Waals surface area contributed by atoms with Gasteiger partial charge in [-0.05, 0) is 55.3 Å². The van der Waals surface area contributed by atoms with Gasteiger partial charge in [-0.1, -0.05) is 6.07 Å². The molecule has 0 radical (unpaired) electrons. The minimum absolute atomic E-state index is 0.0954. The molecule has 0 aromatic heterocycles. The van der Waals surface area contributed by atoms with E-state index in [0.717, 1.165) is 24.2 Å². The highest BCUT2D eigenvalue weighted by molar-refractivity contribution is 6.04. The van der Waals surface area contributed by atoms with Gasteiger partial charge in [0.2, 0.25) is 17.7 Å². The number of anilines is 3. The van der Waals surface area contributed by atoms with E-state index in [1.165, 1.54) is 0 Å². The third kappa shape index (κ3) is 3.87. The van der Waals surface area contributed by atoms with Crippen LogP contribution in [0, 0.1) is 12.8 Å². The third-order valence-electron chi connectivity index (χ3n) is 5.64. The Morgan fingerprint density at radius 2 is 1.83 bits per heavy atom. The van der Waals surface area contributed by atoms with Gasteiger partial charge in [-0.2, -0.15) is 0 Å². The van der Waals surface area contributed by atoms with Crippen LogP contribution in [-0.4, -0.2) is 37.9 Å². The van der Waals surface area contributed by atoms with Crippen LogP contribution in [0.4, 0.5) is 17.1 Å². The van der Waals surface area contributed by atoms with Crippen molar-refractivity contribution in [1.82, 2.24) is 0 Å². The summed E-state index contributed by atoms with van der Waals surface area (Å²) in [7, 11) is 1.57. The van der Waals surface area contributed by atoms with Crippen molar-refractivity contribution in [1.29, 1.82) is 0 Å². The number of amides is 3. The highest BCUT2D eigenvalue weighted by Crippen LogP contribution is 2.34. The first-order chi connectivity index (χ1) is 14.5. The predicted molar refractivity (Wildman–Crippen MR) is 115 cm³/mol. The number of aryl methyl sites for hydroxylation is 1. The summed E-state index contributed by atoms with van der Waals surface area (Å²) >= 11 is 0. The molecule has 7 heteroatoms. The van der Waals surface area contributed by atoms with Crippen molar-refractivity contribution in [3.63, 3.8) is 0 Å². The second kappa shape index (κ2) is 8.18. The molecule has 2 saturated heterocycles. The Labute approximate surface area is 175 Å². The molecule has 0 aliphatic carbocycles. The van der Waals surface area contributed by atoms with Crippen LogP contribution in [0.5, 0.6) is 5.75 Å². The van der Waals surface area contributed by atoms with Gasteiger partial charge in [0.15, 0.2) is 0 Å². The lowest BCUT2D eigenvalue weighted by Crippen LogP contribution is -2.28. The summed E-state index contributed by atoms with van der Waals surface area (Å²) in [6.45, 7) is 2.99. The Bertz CT molecular complexity index is 986. The molecule has 2 heterocycles. The smallest absolute Gasteiger partial charge is 0.229 e. The molecule has 0 spiro atoms. The maximum absolute atomic E-state index is 12.8. The van der Waals surface area contributed by atoms with Crippen LogP contribution in [0.15, 0.2) is 42.5 Å². The molecule has 2 fully saturated rings. The minimum atomic E-state index is -0.442. The second-order valence-corrected chi connectivity index (χ2v) is 7.77. The van der Waals surface area contributed by atoms with Gasteiger partial charge in [-0.15, -0.1) is 0 Å². The van der Waals surface area contributed by atoms with E-state index in [0.29, 0.717) is 30.1 Å². The lowest BCUT2D eigenvalue weighted by atomic mass is 10.1. The van der Waals surface area contributed by atoms with E-state index in [9.17, 15) is 14.4 Å². The molecule has 3 amide bonds. The summed E-state index contributed by atoms with van der Waals surface area (Å²) in [6, 6.07) is 12.9. The molecule has 0 bridgehead atoms. The van der Waals surface area contributed by atoms with Crippen molar-refractivity contribution in [2.45, 2.75) is 26.2 Å². The predicted octanol–water partition coefficient (Wildman–Crippen LogP) is 3.12. The van der Waals surface area contributed by atoms with Crippen LogP contribution < -0.4 is 19.9 Å². The Balaban J connectivity index is 1.43. The molecule has 1 atom stereocenters. The molecule has 2 aromatic carbocycles. The van der Waals surface area contributed by atoms with E-state index in [1.807, 2.05) is 37.3 Å². The quantitative estimate of drug-likeness (QED) is 0.826. The van der Waals surface area contributed by atoms with E-state index in [1.54, 1.807) is 29.0 Å². The molecule has 2 aromatic rings. The first kappa shape index (κ1) is 19.9. The SMILES string of the molecule is COc1ccc(C)cc1N1C[C@@H](C(=O)Nc2ccc(N3CCCC3=O)cc2)CC1=O. The van der Waals surface area contributed by atoms with E-state index in [2.05, 4.69) is 5.32 Å². The van der Waals surface area contributed by atoms with Crippen molar-refractivity contribution in [3.05, 3.63) is 48.0 Å². The number of rotatable bonds is 5. The van der Waals surface area contributed by atoms with Gasteiger partial charge in [0.05, 0.1) is 18.7 Å². The van der Waals surface area contributed by atoms with E-state index < -0.39 is 5.92 Å². The zero-order valence-electron chi connectivity index (χ0n) is 17.2. The number of hydrogen-bond acceptors (Lipinski definition) is 4. The molecule has 0 unspecified atom stereocenters. The number of carbonyl (C=O) groups excluding carboxylic acids is 3. The molecular weight excluding hydrogens is 382 g/mol.